The summed E-state index contributed by atoms with van der Waals surface area (Å²) in [6, 6.07) is 8.51. The quantitative estimate of drug-likeness (QED) is 0.497. The summed E-state index contributed by atoms with van der Waals surface area (Å²) in [6.45, 7) is 0. The van der Waals surface area contributed by atoms with Gasteiger partial charge in [-0.05, 0) is 46.3 Å². The number of nitrogens with zero attached hydrogens (tertiary/aromatic N) is 1. The third-order valence-corrected chi connectivity index (χ3v) is 4.87. The number of nitrogens with one attached hydrogen (secondary N) is 2. The van der Waals surface area contributed by atoms with Crippen molar-refractivity contribution in [3.63, 3.8) is 0 Å². The molecule has 0 spiro atoms. The van der Waals surface area contributed by atoms with E-state index >= 15 is 0 Å². The van der Waals surface area contributed by atoms with Crippen LogP contribution in [0.2, 0.25) is 10.0 Å². The molecule has 0 saturated heterocycles. The molecular weight excluding hydrogens is 437 g/mol. The van der Waals surface area contributed by atoms with Crippen molar-refractivity contribution in [2.24, 2.45) is 5.10 Å². The van der Waals surface area contributed by atoms with Crippen LogP contribution in [0.5, 0.6) is 0 Å². The van der Waals surface area contributed by atoms with Gasteiger partial charge in [0.2, 0.25) is 11.8 Å². The lowest BCUT2D eigenvalue weighted by Gasteiger charge is -2.07. The molecule has 0 unspecified atom stereocenters. The molecule has 126 valence electrons. The highest BCUT2D eigenvalue weighted by molar-refractivity contribution is 9.11. The highest BCUT2D eigenvalue weighted by Crippen LogP contribution is 2.25. The van der Waals surface area contributed by atoms with Crippen molar-refractivity contribution in [3.8, 4) is 0 Å². The number of amides is 2. The summed E-state index contributed by atoms with van der Waals surface area (Å²) in [5.41, 5.74) is 2.83. The van der Waals surface area contributed by atoms with Gasteiger partial charge in [0.15, 0.2) is 0 Å². The van der Waals surface area contributed by atoms with Gasteiger partial charge in [-0.3, -0.25) is 9.59 Å². The van der Waals surface area contributed by atoms with Crippen molar-refractivity contribution < 1.29 is 9.59 Å². The van der Waals surface area contributed by atoms with Gasteiger partial charge in [-0.15, -0.1) is 11.3 Å². The molecule has 1 heterocycles. The lowest BCUT2D eigenvalue weighted by atomic mass is 10.2. The molecule has 0 saturated carbocycles. The summed E-state index contributed by atoms with van der Waals surface area (Å²) in [7, 11) is 0. The second-order valence-electron chi connectivity index (χ2n) is 4.61. The molecule has 0 aliphatic rings. The highest BCUT2D eigenvalue weighted by atomic mass is 79.9. The predicted molar refractivity (Wildman–Crippen MR) is 102 cm³/mol. The largest absolute Gasteiger partial charge is 0.325 e. The Kier molecular flexibility index (Phi) is 7.23. The number of thiophene rings is 1. The van der Waals surface area contributed by atoms with E-state index in [0.29, 0.717) is 15.7 Å². The zero-order valence-corrected chi connectivity index (χ0v) is 16.1. The number of carbonyl (C=O) groups is 2. The first-order chi connectivity index (χ1) is 11.4. The summed E-state index contributed by atoms with van der Waals surface area (Å²) in [6.07, 6.45) is 1.58. The van der Waals surface area contributed by atoms with Crippen LogP contribution in [0.4, 0.5) is 5.69 Å². The minimum Gasteiger partial charge on any atom is -0.325 e. The Morgan fingerprint density at radius 2 is 1.92 bits per heavy atom. The molecule has 0 bridgehead atoms. The maximum Gasteiger partial charge on any atom is 0.240 e. The predicted octanol–water partition coefficient (Wildman–Crippen LogP) is 4.69. The van der Waals surface area contributed by atoms with Crippen molar-refractivity contribution in [2.75, 3.05) is 5.32 Å². The van der Waals surface area contributed by atoms with Gasteiger partial charge in [0.05, 0.1) is 20.7 Å². The van der Waals surface area contributed by atoms with Gasteiger partial charge >= 0.3 is 0 Å². The maximum atomic E-state index is 11.8. The Morgan fingerprint density at radius 1 is 1.17 bits per heavy atom. The van der Waals surface area contributed by atoms with E-state index in [9.17, 15) is 9.59 Å². The van der Waals surface area contributed by atoms with E-state index in [-0.39, 0.29) is 24.7 Å². The van der Waals surface area contributed by atoms with Gasteiger partial charge in [-0.1, -0.05) is 23.2 Å². The molecular formula is C15H12BrCl2N3O2S. The molecule has 0 atom stereocenters. The second kappa shape index (κ2) is 9.17. The molecule has 2 aromatic rings. The van der Waals surface area contributed by atoms with Crippen molar-refractivity contribution in [3.05, 3.63) is 49.0 Å². The average molecular weight is 449 g/mol. The van der Waals surface area contributed by atoms with Gasteiger partial charge in [0.1, 0.15) is 0 Å². The monoisotopic (exact) mass is 447 g/mol. The Hall–Kier alpha value is -1.41. The van der Waals surface area contributed by atoms with E-state index in [1.165, 1.54) is 17.4 Å². The average Bonchev–Trinajstić information content (AvgIpc) is 2.93. The lowest BCUT2D eigenvalue weighted by Crippen LogP contribution is -2.20. The fourth-order valence-corrected chi connectivity index (χ4v) is 3.40. The Bertz CT molecular complexity index is 780. The second-order valence-corrected chi connectivity index (χ2v) is 7.95. The fourth-order valence-electron chi connectivity index (χ4n) is 1.65. The van der Waals surface area contributed by atoms with E-state index in [1.807, 2.05) is 12.1 Å². The van der Waals surface area contributed by atoms with Crippen molar-refractivity contribution in [1.82, 2.24) is 5.43 Å². The molecule has 2 rings (SSSR count). The number of anilines is 1. The van der Waals surface area contributed by atoms with Crippen LogP contribution < -0.4 is 10.7 Å². The van der Waals surface area contributed by atoms with Gasteiger partial charge in [0.25, 0.3) is 0 Å². The lowest BCUT2D eigenvalue weighted by molar-refractivity contribution is -0.124. The van der Waals surface area contributed by atoms with E-state index in [1.54, 1.807) is 18.3 Å². The van der Waals surface area contributed by atoms with Gasteiger partial charge in [0, 0.05) is 22.7 Å². The van der Waals surface area contributed by atoms with E-state index < -0.39 is 0 Å². The van der Waals surface area contributed by atoms with Crippen molar-refractivity contribution >= 4 is 74.2 Å². The summed E-state index contributed by atoms with van der Waals surface area (Å²) in [5, 5.41) is 7.28. The number of carbonyl (C=O) groups excluding carboxylic acids is 2. The molecule has 2 N–H and O–H groups in total. The summed E-state index contributed by atoms with van der Waals surface area (Å²) in [4.78, 5) is 24.4. The van der Waals surface area contributed by atoms with Crippen LogP contribution in [0, 0.1) is 0 Å². The number of halogens is 3. The van der Waals surface area contributed by atoms with Crippen LogP contribution in [0.25, 0.3) is 0 Å². The number of hydrogen-bond acceptors (Lipinski definition) is 4. The summed E-state index contributed by atoms with van der Waals surface area (Å²) >= 11 is 16.6. The molecule has 0 aliphatic carbocycles. The van der Waals surface area contributed by atoms with Crippen LogP contribution in [0.3, 0.4) is 0 Å². The van der Waals surface area contributed by atoms with Gasteiger partial charge < -0.3 is 5.32 Å². The van der Waals surface area contributed by atoms with Crippen LogP contribution in [-0.2, 0) is 9.59 Å². The molecule has 0 fully saturated rings. The van der Waals surface area contributed by atoms with Crippen LogP contribution in [-0.4, -0.2) is 18.0 Å². The smallest absolute Gasteiger partial charge is 0.240 e. The number of hydrogen-bond donors (Lipinski definition) is 2. The zero-order valence-electron chi connectivity index (χ0n) is 12.2. The first kappa shape index (κ1) is 18.9. The molecule has 24 heavy (non-hydrogen) atoms. The zero-order chi connectivity index (χ0) is 17.5. The molecule has 9 heteroatoms. The third kappa shape index (κ3) is 6.24. The first-order valence-corrected chi connectivity index (χ1v) is 9.13. The molecule has 2 amide bonds. The normalized spacial score (nSPS) is 10.8. The van der Waals surface area contributed by atoms with Gasteiger partial charge in [-0.2, -0.15) is 5.10 Å². The number of hydrazone groups is 1. The first-order valence-electron chi connectivity index (χ1n) is 6.76. The molecule has 1 aromatic carbocycles. The Balaban J connectivity index is 1.74. The fraction of sp³-hybridized carbons (Fsp3) is 0.133. The molecule has 0 radical (unpaired) electrons. The summed E-state index contributed by atoms with van der Waals surface area (Å²) < 4.78 is 0.979. The van der Waals surface area contributed by atoms with E-state index in [0.717, 1.165) is 8.66 Å². The van der Waals surface area contributed by atoms with Gasteiger partial charge in [-0.25, -0.2) is 5.43 Å². The van der Waals surface area contributed by atoms with E-state index in [2.05, 4.69) is 31.8 Å². The van der Waals surface area contributed by atoms with Crippen LogP contribution in [0.15, 0.2) is 39.2 Å². The minimum atomic E-state index is -0.348. The Labute approximate surface area is 161 Å². The maximum absolute atomic E-state index is 11.8. The molecule has 1 aromatic heterocycles. The van der Waals surface area contributed by atoms with Crippen molar-refractivity contribution in [1.29, 1.82) is 0 Å². The minimum absolute atomic E-state index is 0.0164. The van der Waals surface area contributed by atoms with Crippen molar-refractivity contribution in [2.45, 2.75) is 12.8 Å². The standard InChI is InChI=1S/C15H12BrCl2N3O2S/c16-13-4-2-10(24-13)8-19-21-15(23)6-5-14(22)20-12-3-1-9(17)7-11(12)18/h1-4,7-8H,5-6H2,(H,20,22)(H,21,23). The highest BCUT2D eigenvalue weighted by Gasteiger charge is 2.09. The third-order valence-electron chi connectivity index (χ3n) is 2.76. The SMILES string of the molecule is O=C(CCC(=O)Nc1ccc(Cl)cc1Cl)NN=Cc1ccc(Br)s1. The topological polar surface area (TPSA) is 70.6 Å². The summed E-state index contributed by atoms with van der Waals surface area (Å²) in [5.74, 6) is -0.667. The number of benzene rings is 1. The number of rotatable bonds is 6. The van der Waals surface area contributed by atoms with E-state index in [4.69, 9.17) is 23.2 Å². The Morgan fingerprint density at radius 3 is 2.58 bits per heavy atom. The van der Waals surface area contributed by atoms with Crippen LogP contribution >= 0.6 is 50.5 Å². The molecule has 0 aliphatic heterocycles. The molecule has 5 nitrogen and oxygen atoms in total. The van der Waals surface area contributed by atoms with Crippen LogP contribution in [0.1, 0.15) is 17.7 Å².